The van der Waals surface area contributed by atoms with Crippen molar-refractivity contribution in [1.82, 2.24) is 26.2 Å². The van der Waals surface area contributed by atoms with E-state index in [4.69, 9.17) is 5.11 Å². The van der Waals surface area contributed by atoms with Gasteiger partial charge in [-0.05, 0) is 25.7 Å². The van der Waals surface area contributed by atoms with Crippen LogP contribution in [0.1, 0.15) is 58.3 Å². The highest BCUT2D eigenvalue weighted by molar-refractivity contribution is 5.85. The zero-order valence-electron chi connectivity index (χ0n) is 19.2. The fraction of sp³-hybridized carbons (Fsp3) is 0.810. The first kappa shape index (κ1) is 27.5. The van der Waals surface area contributed by atoms with Crippen LogP contribution in [0.2, 0.25) is 0 Å². The molecule has 11 nitrogen and oxygen atoms in total. The molecule has 0 aromatic carbocycles. The average Bonchev–Trinajstić information content (AvgIpc) is 2.76. The standard InChI is InChI=1S/C21H39N5O6/c1-3-22-20(30)23-11-12-26(2)18(28)10-9-16(14-27)24-19(29)17(25-21(31)32)13-15-7-5-4-6-8-15/h15-17,25,27H,3-14H2,1-2H3,(H,24,29)(H,31,32)(H2,22,23,30)/t16-,17-/m0/s1. The highest BCUT2D eigenvalue weighted by Crippen LogP contribution is 2.27. The predicted octanol–water partition coefficient (Wildman–Crippen LogP) is 0.628. The molecule has 0 radical (unpaired) electrons. The van der Waals surface area contributed by atoms with E-state index in [0.717, 1.165) is 32.1 Å². The molecule has 0 aliphatic heterocycles. The molecule has 11 heteroatoms. The number of amides is 5. The van der Waals surface area contributed by atoms with Crippen molar-refractivity contribution in [2.45, 2.75) is 70.4 Å². The van der Waals surface area contributed by atoms with Gasteiger partial charge in [0, 0.05) is 33.1 Å². The van der Waals surface area contributed by atoms with Crippen molar-refractivity contribution in [1.29, 1.82) is 0 Å². The summed E-state index contributed by atoms with van der Waals surface area (Å²) >= 11 is 0. The minimum absolute atomic E-state index is 0.100. The number of aliphatic hydroxyl groups excluding tert-OH is 1. The van der Waals surface area contributed by atoms with Crippen LogP contribution in [-0.4, -0.2) is 84.4 Å². The molecule has 0 unspecified atom stereocenters. The van der Waals surface area contributed by atoms with Crippen molar-refractivity contribution in [2.24, 2.45) is 5.92 Å². The maximum absolute atomic E-state index is 12.7. The van der Waals surface area contributed by atoms with Gasteiger partial charge in [0.2, 0.25) is 11.8 Å². The second kappa shape index (κ2) is 15.3. The van der Waals surface area contributed by atoms with Gasteiger partial charge in [0.05, 0.1) is 12.6 Å². The number of urea groups is 1. The summed E-state index contributed by atoms with van der Waals surface area (Å²) in [6, 6.07) is -1.84. The van der Waals surface area contributed by atoms with Crippen LogP contribution in [0.5, 0.6) is 0 Å². The minimum Gasteiger partial charge on any atom is -0.465 e. The van der Waals surface area contributed by atoms with Gasteiger partial charge in [0.1, 0.15) is 6.04 Å². The number of carboxylic acid groups (broad SMARTS) is 1. The summed E-state index contributed by atoms with van der Waals surface area (Å²) in [6.07, 6.45) is 4.77. The molecule has 0 aromatic heterocycles. The van der Waals surface area contributed by atoms with E-state index in [-0.39, 0.29) is 31.4 Å². The Hall–Kier alpha value is -2.56. The van der Waals surface area contributed by atoms with Crippen LogP contribution in [0.25, 0.3) is 0 Å². The largest absolute Gasteiger partial charge is 0.465 e. The molecule has 0 heterocycles. The Morgan fingerprint density at radius 2 is 1.75 bits per heavy atom. The Morgan fingerprint density at radius 1 is 1.06 bits per heavy atom. The Bertz CT molecular complexity index is 611. The Kier molecular flexibility index (Phi) is 13.1. The molecule has 1 fully saturated rings. The van der Waals surface area contributed by atoms with Crippen LogP contribution in [-0.2, 0) is 9.59 Å². The number of carbonyl (C=O) groups excluding carboxylic acids is 3. The van der Waals surface area contributed by atoms with Gasteiger partial charge >= 0.3 is 12.1 Å². The van der Waals surface area contributed by atoms with E-state index in [1.54, 1.807) is 7.05 Å². The summed E-state index contributed by atoms with van der Waals surface area (Å²) in [4.78, 5) is 49.0. The average molecular weight is 458 g/mol. The molecule has 0 spiro atoms. The summed E-state index contributed by atoms with van der Waals surface area (Å²) in [6.45, 7) is 2.60. The topological polar surface area (TPSA) is 160 Å². The number of aliphatic hydroxyl groups is 1. The molecule has 1 aliphatic rings. The molecular weight excluding hydrogens is 418 g/mol. The van der Waals surface area contributed by atoms with Gasteiger partial charge in [-0.1, -0.05) is 32.1 Å². The maximum Gasteiger partial charge on any atom is 0.405 e. The first-order valence-corrected chi connectivity index (χ1v) is 11.4. The van der Waals surface area contributed by atoms with E-state index in [0.29, 0.717) is 32.0 Å². The van der Waals surface area contributed by atoms with Crippen LogP contribution in [0.3, 0.4) is 0 Å². The summed E-state index contributed by atoms with van der Waals surface area (Å²) in [7, 11) is 1.62. The van der Waals surface area contributed by atoms with E-state index in [1.807, 2.05) is 6.92 Å². The van der Waals surface area contributed by atoms with E-state index in [2.05, 4.69) is 21.3 Å². The quantitative estimate of drug-likeness (QED) is 0.238. The molecule has 1 rings (SSSR count). The summed E-state index contributed by atoms with van der Waals surface area (Å²) in [5.41, 5.74) is 0. The first-order valence-electron chi connectivity index (χ1n) is 11.4. The van der Waals surface area contributed by atoms with Crippen LogP contribution < -0.4 is 21.3 Å². The van der Waals surface area contributed by atoms with Crippen LogP contribution in [0.15, 0.2) is 0 Å². The molecule has 2 atom stereocenters. The molecule has 0 bridgehead atoms. The molecule has 5 amide bonds. The van der Waals surface area contributed by atoms with Gasteiger partial charge in [-0.2, -0.15) is 0 Å². The smallest absolute Gasteiger partial charge is 0.405 e. The minimum atomic E-state index is -1.26. The predicted molar refractivity (Wildman–Crippen MR) is 119 cm³/mol. The highest BCUT2D eigenvalue weighted by atomic mass is 16.4. The number of hydrogen-bond donors (Lipinski definition) is 6. The van der Waals surface area contributed by atoms with Crippen molar-refractivity contribution in [2.75, 3.05) is 33.3 Å². The van der Waals surface area contributed by atoms with E-state index >= 15 is 0 Å². The third-order valence-corrected chi connectivity index (χ3v) is 5.68. The van der Waals surface area contributed by atoms with E-state index in [9.17, 15) is 24.3 Å². The fourth-order valence-corrected chi connectivity index (χ4v) is 3.82. The van der Waals surface area contributed by atoms with Crippen molar-refractivity contribution < 1.29 is 29.4 Å². The van der Waals surface area contributed by atoms with Crippen molar-refractivity contribution in [3.8, 4) is 0 Å². The number of hydrogen-bond acceptors (Lipinski definition) is 5. The summed E-state index contributed by atoms with van der Waals surface area (Å²) in [5.74, 6) is -0.371. The molecular formula is C21H39N5O6. The maximum atomic E-state index is 12.7. The molecule has 1 saturated carbocycles. The lowest BCUT2D eigenvalue weighted by Gasteiger charge is -2.27. The van der Waals surface area contributed by atoms with Gasteiger partial charge < -0.3 is 36.4 Å². The molecule has 1 aliphatic carbocycles. The van der Waals surface area contributed by atoms with Gasteiger partial charge in [0.15, 0.2) is 0 Å². The zero-order valence-corrected chi connectivity index (χ0v) is 19.2. The number of nitrogens with one attached hydrogen (secondary N) is 4. The molecule has 0 aromatic rings. The van der Waals surface area contributed by atoms with Crippen LogP contribution in [0.4, 0.5) is 9.59 Å². The Balaban J connectivity index is 2.47. The van der Waals surface area contributed by atoms with Crippen LogP contribution >= 0.6 is 0 Å². The van der Waals surface area contributed by atoms with E-state index < -0.39 is 24.1 Å². The molecule has 184 valence electrons. The summed E-state index contributed by atoms with van der Waals surface area (Å²) in [5, 5.41) is 28.9. The summed E-state index contributed by atoms with van der Waals surface area (Å²) < 4.78 is 0. The van der Waals surface area contributed by atoms with Gasteiger partial charge in [-0.25, -0.2) is 9.59 Å². The molecule has 0 saturated heterocycles. The zero-order chi connectivity index (χ0) is 23.9. The Labute approximate surface area is 189 Å². The SMILES string of the molecule is CCNC(=O)NCCN(C)C(=O)CC[C@@H](CO)NC(=O)[C@H](CC1CCCCC1)NC(=O)O. The van der Waals surface area contributed by atoms with Crippen molar-refractivity contribution in [3.05, 3.63) is 0 Å². The third kappa shape index (κ3) is 11.2. The molecule has 6 N–H and O–H groups in total. The van der Waals surface area contributed by atoms with Crippen molar-refractivity contribution >= 4 is 23.9 Å². The lowest BCUT2D eigenvalue weighted by molar-refractivity contribution is -0.130. The number of nitrogens with zero attached hydrogens (tertiary/aromatic N) is 1. The number of carbonyl (C=O) groups is 4. The fourth-order valence-electron chi connectivity index (χ4n) is 3.82. The Morgan fingerprint density at radius 3 is 2.34 bits per heavy atom. The lowest BCUT2D eigenvalue weighted by atomic mass is 9.84. The monoisotopic (exact) mass is 457 g/mol. The van der Waals surface area contributed by atoms with Crippen LogP contribution in [0, 0.1) is 5.92 Å². The van der Waals surface area contributed by atoms with Gasteiger partial charge in [0.25, 0.3) is 0 Å². The normalized spacial score (nSPS) is 15.8. The van der Waals surface area contributed by atoms with Gasteiger partial charge in [-0.15, -0.1) is 0 Å². The molecule has 32 heavy (non-hydrogen) atoms. The second-order valence-corrected chi connectivity index (χ2v) is 8.27. The third-order valence-electron chi connectivity index (χ3n) is 5.68. The first-order chi connectivity index (χ1) is 15.3. The van der Waals surface area contributed by atoms with Gasteiger partial charge in [-0.3, -0.25) is 9.59 Å². The number of rotatable bonds is 13. The number of likely N-dealkylation sites (N-methyl/N-ethyl adjacent to an activating group) is 1. The second-order valence-electron chi connectivity index (χ2n) is 8.27. The highest BCUT2D eigenvalue weighted by Gasteiger charge is 2.27. The van der Waals surface area contributed by atoms with E-state index in [1.165, 1.54) is 4.90 Å². The van der Waals surface area contributed by atoms with Crippen molar-refractivity contribution in [3.63, 3.8) is 0 Å². The lowest BCUT2D eigenvalue weighted by Crippen LogP contribution is -2.51.